The summed E-state index contributed by atoms with van der Waals surface area (Å²) in [6, 6.07) is 9.52. The largest absolute Gasteiger partial charge is 0.443 e. The van der Waals surface area contributed by atoms with Gasteiger partial charge in [0, 0.05) is 32.0 Å². The normalized spacial score (nSPS) is 11.9. The van der Waals surface area contributed by atoms with Crippen molar-refractivity contribution >= 4 is 61.0 Å². The van der Waals surface area contributed by atoms with Gasteiger partial charge in [0.1, 0.15) is 5.82 Å². The van der Waals surface area contributed by atoms with Gasteiger partial charge < -0.3 is 5.73 Å². The standard InChI is InChI=1S/C24H20F3N7O2S/c1-12(35)33(3)34(11-13-4-6-18-19(8-13)37-23(31-18)24(25,26)27)22(36)14-5-7-17-15(9-14)20-16(21(28)30-17)10-29-32(20)2/h4-10H,11H2,1-3H3,(H2,28,30). The Hall–Kier alpha value is -4.26. The highest BCUT2D eigenvalue weighted by Gasteiger charge is 2.35. The molecular formula is C24H20F3N7O2S. The molecule has 190 valence electrons. The number of hydrogen-bond acceptors (Lipinski definition) is 7. The lowest BCUT2D eigenvalue weighted by Gasteiger charge is -2.31. The molecule has 5 aromatic rings. The molecule has 0 radical (unpaired) electrons. The van der Waals surface area contributed by atoms with Crippen molar-refractivity contribution in [3.05, 3.63) is 58.7 Å². The van der Waals surface area contributed by atoms with Crippen molar-refractivity contribution in [1.29, 1.82) is 0 Å². The predicted molar refractivity (Wildman–Crippen MR) is 133 cm³/mol. The molecule has 0 unspecified atom stereocenters. The van der Waals surface area contributed by atoms with Gasteiger partial charge in [-0.3, -0.25) is 19.3 Å². The molecule has 3 heterocycles. The first-order valence-corrected chi connectivity index (χ1v) is 11.8. The van der Waals surface area contributed by atoms with Gasteiger partial charge in [0.05, 0.1) is 39.4 Å². The van der Waals surface area contributed by atoms with E-state index >= 15 is 0 Å². The van der Waals surface area contributed by atoms with Gasteiger partial charge >= 0.3 is 6.18 Å². The SMILES string of the molecule is CC(=O)N(C)N(Cc1ccc2nc(C(F)(F)F)sc2c1)C(=O)c1ccc2nc(N)c3cnn(C)c3c2c1. The van der Waals surface area contributed by atoms with Crippen molar-refractivity contribution in [3.63, 3.8) is 0 Å². The van der Waals surface area contributed by atoms with Gasteiger partial charge in [-0.05, 0) is 35.9 Å². The molecule has 2 aromatic carbocycles. The van der Waals surface area contributed by atoms with Crippen molar-refractivity contribution in [1.82, 2.24) is 29.8 Å². The van der Waals surface area contributed by atoms with E-state index in [1.165, 1.54) is 30.1 Å². The molecule has 0 fully saturated rings. The summed E-state index contributed by atoms with van der Waals surface area (Å²) in [6.45, 7) is 1.26. The Balaban J connectivity index is 1.55. The van der Waals surface area contributed by atoms with Crippen LogP contribution >= 0.6 is 11.3 Å². The summed E-state index contributed by atoms with van der Waals surface area (Å²) in [6.07, 6.45) is -2.95. The molecule has 0 aliphatic heterocycles. The number of anilines is 1. The maximum Gasteiger partial charge on any atom is 0.443 e. The number of aromatic nitrogens is 4. The van der Waals surface area contributed by atoms with Gasteiger partial charge in [-0.15, -0.1) is 11.3 Å². The van der Waals surface area contributed by atoms with Crippen LogP contribution in [0.15, 0.2) is 42.6 Å². The minimum Gasteiger partial charge on any atom is -0.383 e. The number of carbonyl (C=O) groups is 2. The highest BCUT2D eigenvalue weighted by Crippen LogP contribution is 2.36. The third-order valence-electron chi connectivity index (χ3n) is 6.03. The Morgan fingerprint density at radius 2 is 1.81 bits per heavy atom. The van der Waals surface area contributed by atoms with Crippen molar-refractivity contribution in [2.75, 3.05) is 12.8 Å². The number of rotatable bonds is 3. The van der Waals surface area contributed by atoms with Gasteiger partial charge in [-0.2, -0.15) is 18.3 Å². The second kappa shape index (κ2) is 8.69. The lowest BCUT2D eigenvalue weighted by Crippen LogP contribution is -2.46. The van der Waals surface area contributed by atoms with Crippen LogP contribution in [-0.2, 0) is 24.6 Å². The number of hydrazine groups is 1. The molecular weight excluding hydrogens is 507 g/mol. The van der Waals surface area contributed by atoms with Crippen molar-refractivity contribution in [2.45, 2.75) is 19.6 Å². The highest BCUT2D eigenvalue weighted by molar-refractivity contribution is 7.18. The number of pyridine rings is 1. The monoisotopic (exact) mass is 527 g/mol. The second-order valence-electron chi connectivity index (χ2n) is 8.48. The minimum absolute atomic E-state index is 0.0523. The van der Waals surface area contributed by atoms with E-state index in [2.05, 4.69) is 15.1 Å². The van der Waals surface area contributed by atoms with E-state index in [4.69, 9.17) is 5.73 Å². The van der Waals surface area contributed by atoms with E-state index in [0.717, 1.165) is 0 Å². The summed E-state index contributed by atoms with van der Waals surface area (Å²) >= 11 is 0.525. The quantitative estimate of drug-likeness (QED) is 0.349. The van der Waals surface area contributed by atoms with E-state index < -0.39 is 23.0 Å². The zero-order valence-electron chi connectivity index (χ0n) is 19.9. The molecule has 9 nitrogen and oxygen atoms in total. The van der Waals surface area contributed by atoms with Crippen LogP contribution in [0.5, 0.6) is 0 Å². The van der Waals surface area contributed by atoms with Crippen LogP contribution in [-0.4, -0.2) is 48.6 Å². The first-order valence-electron chi connectivity index (χ1n) is 11.0. The first kappa shape index (κ1) is 24.4. The minimum atomic E-state index is -4.55. The second-order valence-corrected chi connectivity index (χ2v) is 9.51. The number of amides is 2. The molecule has 5 rings (SSSR count). The molecule has 0 saturated heterocycles. The molecule has 13 heteroatoms. The number of thiazole rings is 1. The number of benzene rings is 2. The van der Waals surface area contributed by atoms with Crippen molar-refractivity contribution in [3.8, 4) is 0 Å². The molecule has 0 bridgehead atoms. The number of nitrogen functional groups attached to an aromatic ring is 1. The van der Waals surface area contributed by atoms with Gasteiger partial charge in [0.25, 0.3) is 5.91 Å². The molecule has 0 aliphatic rings. The Labute approximate surface area is 211 Å². The molecule has 37 heavy (non-hydrogen) atoms. The number of nitrogens with two attached hydrogens (primary N) is 1. The number of aryl methyl sites for hydroxylation is 1. The van der Waals surface area contributed by atoms with Crippen LogP contribution in [0.25, 0.3) is 32.0 Å². The molecule has 0 atom stereocenters. The molecule has 2 N–H and O–H groups in total. The van der Waals surface area contributed by atoms with E-state index in [1.807, 2.05) is 0 Å². The van der Waals surface area contributed by atoms with Gasteiger partial charge in [0.2, 0.25) is 5.91 Å². The number of carbonyl (C=O) groups excluding carboxylic acids is 2. The van der Waals surface area contributed by atoms with Crippen LogP contribution in [0.2, 0.25) is 0 Å². The van der Waals surface area contributed by atoms with E-state index in [-0.39, 0.29) is 17.6 Å². The van der Waals surface area contributed by atoms with Crippen molar-refractivity contribution in [2.24, 2.45) is 7.05 Å². The van der Waals surface area contributed by atoms with Crippen molar-refractivity contribution < 1.29 is 22.8 Å². The Morgan fingerprint density at radius 1 is 1.08 bits per heavy atom. The maximum atomic E-state index is 13.7. The van der Waals surface area contributed by atoms with Crippen LogP contribution < -0.4 is 5.73 Å². The fraction of sp³-hybridized carbons (Fsp3) is 0.208. The number of alkyl halides is 3. The zero-order valence-corrected chi connectivity index (χ0v) is 20.7. The average Bonchev–Trinajstić information content (AvgIpc) is 3.45. The molecule has 0 aliphatic carbocycles. The highest BCUT2D eigenvalue weighted by atomic mass is 32.1. The van der Waals surface area contributed by atoms with E-state index in [9.17, 15) is 22.8 Å². The maximum absolute atomic E-state index is 13.7. The summed E-state index contributed by atoms with van der Waals surface area (Å²) in [5, 5.41) is 7.01. The Bertz CT molecular complexity index is 1710. The fourth-order valence-electron chi connectivity index (χ4n) is 4.09. The number of hydrogen-bond donors (Lipinski definition) is 1. The predicted octanol–water partition coefficient (Wildman–Crippen LogP) is 4.37. The van der Waals surface area contributed by atoms with E-state index in [0.29, 0.717) is 49.2 Å². The van der Waals surface area contributed by atoms with Gasteiger partial charge in [-0.1, -0.05) is 6.07 Å². The summed E-state index contributed by atoms with van der Waals surface area (Å²) in [5.41, 5.74) is 8.37. The van der Waals surface area contributed by atoms with Gasteiger partial charge in [-0.25, -0.2) is 15.0 Å². The van der Waals surface area contributed by atoms with Crippen LogP contribution in [0.3, 0.4) is 0 Å². The summed E-state index contributed by atoms with van der Waals surface area (Å²) in [4.78, 5) is 33.9. The molecule has 3 aromatic heterocycles. The summed E-state index contributed by atoms with van der Waals surface area (Å²) in [5.74, 6) is -0.553. The van der Waals surface area contributed by atoms with Crippen LogP contribution in [0, 0.1) is 0 Å². The smallest absolute Gasteiger partial charge is 0.383 e. The molecule has 2 amide bonds. The van der Waals surface area contributed by atoms with Crippen LogP contribution in [0.1, 0.15) is 27.9 Å². The average molecular weight is 528 g/mol. The fourth-order valence-corrected chi connectivity index (χ4v) is 4.98. The number of nitrogens with zero attached hydrogens (tertiary/aromatic N) is 6. The number of fused-ring (bicyclic) bond motifs is 4. The lowest BCUT2D eigenvalue weighted by molar-refractivity contribution is -0.140. The molecule has 0 saturated carbocycles. The Morgan fingerprint density at radius 3 is 2.51 bits per heavy atom. The third kappa shape index (κ3) is 4.31. The first-order chi connectivity index (χ1) is 17.4. The Kier molecular flexibility index (Phi) is 5.74. The zero-order chi connectivity index (χ0) is 26.6. The number of halogens is 3. The lowest BCUT2D eigenvalue weighted by atomic mass is 10.1. The van der Waals surface area contributed by atoms with Crippen LogP contribution in [0.4, 0.5) is 19.0 Å². The van der Waals surface area contributed by atoms with E-state index in [1.54, 1.807) is 48.3 Å². The third-order valence-corrected chi connectivity index (χ3v) is 7.10. The summed E-state index contributed by atoms with van der Waals surface area (Å²) < 4.78 is 41.3. The topological polar surface area (TPSA) is 110 Å². The van der Waals surface area contributed by atoms with Gasteiger partial charge in [0.15, 0.2) is 5.01 Å². The molecule has 0 spiro atoms. The summed E-state index contributed by atoms with van der Waals surface area (Å²) in [7, 11) is 3.21.